The van der Waals surface area contributed by atoms with Crippen LogP contribution in [0.2, 0.25) is 0 Å². The van der Waals surface area contributed by atoms with Gasteiger partial charge < -0.3 is 14.9 Å². The number of ketones is 3. The maximum absolute atomic E-state index is 11.9. The molecule has 0 aromatic rings. The number of carbonyl (C=O) groups is 4. The van der Waals surface area contributed by atoms with Crippen LogP contribution in [-0.2, 0) is 19.2 Å². The van der Waals surface area contributed by atoms with E-state index in [9.17, 15) is 19.2 Å². The van der Waals surface area contributed by atoms with Gasteiger partial charge in [0.05, 0.1) is 0 Å². The molecule has 0 rings (SSSR count). The Hall–Kier alpha value is -1.52. The van der Waals surface area contributed by atoms with Gasteiger partial charge in [-0.3, -0.25) is 9.59 Å². The van der Waals surface area contributed by atoms with Crippen LogP contribution in [0.15, 0.2) is 0 Å². The Bertz CT molecular complexity index is 376. The first-order chi connectivity index (χ1) is 9.20. The van der Waals surface area contributed by atoms with E-state index >= 15 is 0 Å². The minimum absolute atomic E-state index is 0.0155. The van der Waals surface area contributed by atoms with Gasteiger partial charge in [-0.15, -0.1) is 0 Å². The molecule has 2 unspecified atom stereocenters. The average molecular weight is 283 g/mol. The Morgan fingerprint density at radius 1 is 0.850 bits per heavy atom. The van der Waals surface area contributed by atoms with Crippen molar-refractivity contribution in [1.29, 1.82) is 0 Å². The summed E-state index contributed by atoms with van der Waals surface area (Å²) in [6, 6.07) is -0.298. The highest BCUT2D eigenvalue weighted by Crippen LogP contribution is 2.10. The van der Waals surface area contributed by atoms with Gasteiger partial charge in [-0.05, 0) is 33.1 Å². The van der Waals surface area contributed by atoms with E-state index in [1.807, 2.05) is 6.92 Å². The van der Waals surface area contributed by atoms with E-state index < -0.39 is 0 Å². The quantitative estimate of drug-likeness (QED) is 0.663. The summed E-state index contributed by atoms with van der Waals surface area (Å²) in [6.45, 7) is 6.29. The fourth-order valence-corrected chi connectivity index (χ4v) is 2.12. The average Bonchev–Trinajstić information content (AvgIpc) is 2.23. The molecule has 20 heavy (non-hydrogen) atoms. The standard InChI is InChI=1S/C15H25NO4/c1-10(7-12(3)18)8-15(20)16-14(9-13(4)19)6-5-11(2)17/h10,14H,5-9H2,1-4H3,(H,16,20). The number of hydrogen-bond acceptors (Lipinski definition) is 4. The fraction of sp³-hybridized carbons (Fsp3) is 0.733. The van der Waals surface area contributed by atoms with Crippen molar-refractivity contribution >= 4 is 23.3 Å². The minimum Gasteiger partial charge on any atom is -0.353 e. The lowest BCUT2D eigenvalue weighted by Gasteiger charge is -2.18. The van der Waals surface area contributed by atoms with Crippen LogP contribution in [0.25, 0.3) is 0 Å². The lowest BCUT2D eigenvalue weighted by molar-refractivity contribution is -0.124. The number of carbonyl (C=O) groups excluding carboxylic acids is 4. The predicted octanol–water partition coefficient (Wildman–Crippen LogP) is 1.82. The molecule has 0 aliphatic rings. The number of amides is 1. The fourth-order valence-electron chi connectivity index (χ4n) is 2.12. The molecule has 1 N–H and O–H groups in total. The monoisotopic (exact) mass is 283 g/mol. The van der Waals surface area contributed by atoms with Crippen molar-refractivity contribution in [2.45, 2.75) is 65.8 Å². The molecule has 5 heteroatoms. The third-order valence-electron chi connectivity index (χ3n) is 2.91. The van der Waals surface area contributed by atoms with Gasteiger partial charge in [0, 0.05) is 31.7 Å². The lowest BCUT2D eigenvalue weighted by atomic mass is 9.99. The Kier molecular flexibility index (Phi) is 8.68. The van der Waals surface area contributed by atoms with E-state index in [0.717, 1.165) is 0 Å². The van der Waals surface area contributed by atoms with E-state index in [-0.39, 0.29) is 48.1 Å². The molecule has 0 aliphatic heterocycles. The van der Waals surface area contributed by atoms with Crippen molar-refractivity contribution in [2.75, 3.05) is 0 Å². The van der Waals surface area contributed by atoms with Crippen LogP contribution in [0.3, 0.4) is 0 Å². The number of nitrogens with one attached hydrogen (secondary N) is 1. The molecule has 1 amide bonds. The first kappa shape index (κ1) is 18.5. The summed E-state index contributed by atoms with van der Waals surface area (Å²) in [5.74, 6) is -0.109. The second-order valence-electron chi connectivity index (χ2n) is 5.63. The van der Waals surface area contributed by atoms with Crippen LogP contribution in [0, 0.1) is 5.92 Å². The highest BCUT2D eigenvalue weighted by Gasteiger charge is 2.17. The molecule has 0 saturated heterocycles. The zero-order chi connectivity index (χ0) is 15.7. The van der Waals surface area contributed by atoms with E-state index in [1.165, 1.54) is 20.8 Å². The van der Waals surface area contributed by atoms with E-state index in [4.69, 9.17) is 0 Å². The van der Waals surface area contributed by atoms with Gasteiger partial charge >= 0.3 is 0 Å². The van der Waals surface area contributed by atoms with Gasteiger partial charge in [0.2, 0.25) is 5.91 Å². The largest absolute Gasteiger partial charge is 0.353 e. The third-order valence-corrected chi connectivity index (χ3v) is 2.91. The van der Waals surface area contributed by atoms with Crippen molar-refractivity contribution in [1.82, 2.24) is 5.32 Å². The summed E-state index contributed by atoms with van der Waals surface area (Å²) in [6.07, 6.45) is 1.69. The third kappa shape index (κ3) is 10.4. The van der Waals surface area contributed by atoms with Crippen molar-refractivity contribution in [3.8, 4) is 0 Å². The Labute approximate surface area is 120 Å². The molecule has 0 saturated carbocycles. The summed E-state index contributed by atoms with van der Waals surface area (Å²) < 4.78 is 0. The van der Waals surface area contributed by atoms with Crippen molar-refractivity contribution < 1.29 is 19.2 Å². The first-order valence-corrected chi connectivity index (χ1v) is 6.98. The molecule has 0 fully saturated rings. The SMILES string of the molecule is CC(=O)CCC(CC(C)=O)NC(=O)CC(C)CC(C)=O. The second-order valence-corrected chi connectivity index (χ2v) is 5.63. The highest BCUT2D eigenvalue weighted by atomic mass is 16.2. The smallest absolute Gasteiger partial charge is 0.220 e. The maximum atomic E-state index is 11.9. The molecule has 0 bridgehead atoms. The predicted molar refractivity (Wildman–Crippen MR) is 76.2 cm³/mol. The maximum Gasteiger partial charge on any atom is 0.220 e. The number of Topliss-reactive ketones (excluding diaryl/α,β-unsaturated/α-hetero) is 3. The molecule has 0 aliphatic carbocycles. The van der Waals surface area contributed by atoms with Gasteiger partial charge in [0.15, 0.2) is 0 Å². The molecule has 0 spiro atoms. The van der Waals surface area contributed by atoms with Gasteiger partial charge in [0.25, 0.3) is 0 Å². The van der Waals surface area contributed by atoms with Crippen molar-refractivity contribution in [2.24, 2.45) is 5.92 Å². The number of rotatable bonds is 10. The zero-order valence-corrected chi connectivity index (χ0v) is 12.8. The highest BCUT2D eigenvalue weighted by molar-refractivity contribution is 5.81. The minimum atomic E-state index is -0.298. The van der Waals surface area contributed by atoms with Crippen LogP contribution in [0.1, 0.15) is 59.8 Å². The van der Waals surface area contributed by atoms with E-state index in [1.54, 1.807) is 0 Å². The van der Waals surface area contributed by atoms with Gasteiger partial charge in [-0.2, -0.15) is 0 Å². The summed E-state index contributed by atoms with van der Waals surface area (Å²) >= 11 is 0. The number of hydrogen-bond donors (Lipinski definition) is 1. The molecule has 0 aromatic heterocycles. The van der Waals surface area contributed by atoms with Crippen LogP contribution >= 0.6 is 0 Å². The van der Waals surface area contributed by atoms with Crippen molar-refractivity contribution in [3.05, 3.63) is 0 Å². The van der Waals surface area contributed by atoms with Crippen molar-refractivity contribution in [3.63, 3.8) is 0 Å². The molecular weight excluding hydrogens is 258 g/mol. The molecule has 5 nitrogen and oxygen atoms in total. The first-order valence-electron chi connectivity index (χ1n) is 6.98. The summed E-state index contributed by atoms with van der Waals surface area (Å²) in [5.41, 5.74) is 0. The molecule has 2 atom stereocenters. The Morgan fingerprint density at radius 2 is 1.40 bits per heavy atom. The van der Waals surface area contributed by atoms with Gasteiger partial charge in [-0.25, -0.2) is 0 Å². The van der Waals surface area contributed by atoms with Crippen LogP contribution < -0.4 is 5.32 Å². The molecule has 0 heterocycles. The lowest BCUT2D eigenvalue weighted by Crippen LogP contribution is -2.37. The normalized spacial score (nSPS) is 13.4. The Balaban J connectivity index is 4.32. The van der Waals surface area contributed by atoms with Crippen LogP contribution in [0.5, 0.6) is 0 Å². The molecular formula is C15H25NO4. The van der Waals surface area contributed by atoms with Crippen LogP contribution in [-0.4, -0.2) is 29.3 Å². The summed E-state index contributed by atoms with van der Waals surface area (Å²) in [5, 5.41) is 2.78. The van der Waals surface area contributed by atoms with Gasteiger partial charge in [-0.1, -0.05) is 6.92 Å². The molecule has 114 valence electrons. The van der Waals surface area contributed by atoms with E-state index in [2.05, 4.69) is 5.32 Å². The zero-order valence-electron chi connectivity index (χ0n) is 12.8. The summed E-state index contributed by atoms with van der Waals surface area (Å²) in [7, 11) is 0. The van der Waals surface area contributed by atoms with Gasteiger partial charge in [0.1, 0.15) is 17.3 Å². The second kappa shape index (κ2) is 9.39. The van der Waals surface area contributed by atoms with Crippen LogP contribution in [0.4, 0.5) is 0 Å². The Morgan fingerprint density at radius 3 is 1.85 bits per heavy atom. The summed E-state index contributed by atoms with van der Waals surface area (Å²) in [4.78, 5) is 45.0. The molecule has 0 radical (unpaired) electrons. The molecule has 0 aromatic carbocycles. The topological polar surface area (TPSA) is 80.3 Å². The van der Waals surface area contributed by atoms with E-state index in [0.29, 0.717) is 19.3 Å².